The topological polar surface area (TPSA) is 97.0 Å². The zero-order chi connectivity index (χ0) is 18.8. The lowest BCUT2D eigenvalue weighted by atomic mass is 9.97. The first-order valence-electron chi connectivity index (χ1n) is 8.61. The Hall–Kier alpha value is -2.84. The van der Waals surface area contributed by atoms with E-state index in [1.807, 2.05) is 30.5 Å². The fourth-order valence-corrected chi connectivity index (χ4v) is 3.68. The van der Waals surface area contributed by atoms with Crippen LogP contribution in [0.25, 0.3) is 11.5 Å². The third-order valence-corrected chi connectivity index (χ3v) is 5.22. The number of aromatic nitrogens is 3. The number of hydrogen-bond donors (Lipinski definition) is 2. The van der Waals surface area contributed by atoms with Crippen molar-refractivity contribution in [2.24, 2.45) is 0 Å². The van der Waals surface area contributed by atoms with Gasteiger partial charge in [-0.1, -0.05) is 24.3 Å². The van der Waals surface area contributed by atoms with Crippen LogP contribution in [0, 0.1) is 6.92 Å². The highest BCUT2D eigenvalue weighted by Crippen LogP contribution is 2.26. The Labute approximate surface area is 159 Å². The van der Waals surface area contributed by atoms with Crippen molar-refractivity contribution in [2.45, 2.75) is 19.4 Å². The third kappa shape index (κ3) is 3.67. The first-order chi connectivity index (χ1) is 13.1. The Morgan fingerprint density at radius 2 is 2.26 bits per heavy atom. The molecule has 3 aromatic rings. The summed E-state index contributed by atoms with van der Waals surface area (Å²) in [7, 11) is 0. The molecule has 8 heteroatoms. The summed E-state index contributed by atoms with van der Waals surface area (Å²) in [5.41, 5.74) is 2.37. The van der Waals surface area contributed by atoms with Crippen molar-refractivity contribution in [3.8, 4) is 11.5 Å². The lowest BCUT2D eigenvalue weighted by Crippen LogP contribution is -2.35. The van der Waals surface area contributed by atoms with Crippen LogP contribution in [0.2, 0.25) is 0 Å². The Kier molecular flexibility index (Phi) is 4.83. The molecule has 1 amide bonds. The number of benzene rings is 1. The van der Waals surface area contributed by atoms with E-state index in [1.165, 1.54) is 23.1 Å². The van der Waals surface area contributed by atoms with Crippen molar-refractivity contribution < 1.29 is 9.53 Å². The maximum atomic E-state index is 12.4. The molecule has 0 radical (unpaired) electrons. The summed E-state index contributed by atoms with van der Waals surface area (Å²) >= 11 is 1.47. The van der Waals surface area contributed by atoms with Crippen LogP contribution in [0.3, 0.4) is 0 Å². The van der Waals surface area contributed by atoms with Gasteiger partial charge in [0.05, 0.1) is 11.6 Å². The van der Waals surface area contributed by atoms with E-state index >= 15 is 0 Å². The Morgan fingerprint density at radius 1 is 1.41 bits per heavy atom. The van der Waals surface area contributed by atoms with E-state index in [1.54, 1.807) is 0 Å². The van der Waals surface area contributed by atoms with E-state index in [9.17, 15) is 9.59 Å². The van der Waals surface area contributed by atoms with Crippen molar-refractivity contribution in [3.63, 3.8) is 0 Å². The lowest BCUT2D eigenvalue weighted by molar-refractivity contribution is 0.0411. The van der Waals surface area contributed by atoms with Crippen molar-refractivity contribution >= 4 is 17.2 Å². The molecular formula is C19H18N4O3S. The van der Waals surface area contributed by atoms with Gasteiger partial charge in [0.2, 0.25) is 0 Å². The summed E-state index contributed by atoms with van der Waals surface area (Å²) in [4.78, 5) is 35.8. The van der Waals surface area contributed by atoms with Gasteiger partial charge in [-0.2, -0.15) is 0 Å². The first-order valence-corrected chi connectivity index (χ1v) is 9.49. The van der Waals surface area contributed by atoms with E-state index in [0.29, 0.717) is 24.7 Å². The summed E-state index contributed by atoms with van der Waals surface area (Å²) < 4.78 is 5.78. The van der Waals surface area contributed by atoms with Gasteiger partial charge in [-0.05, 0) is 24.5 Å². The number of carbonyl (C=O) groups excluding carboxylic acids is 1. The van der Waals surface area contributed by atoms with E-state index in [-0.39, 0.29) is 11.7 Å². The summed E-state index contributed by atoms with van der Waals surface area (Å²) in [6.07, 6.45) is 1.93. The average molecular weight is 382 g/mol. The zero-order valence-electron chi connectivity index (χ0n) is 14.7. The van der Waals surface area contributed by atoms with Gasteiger partial charge in [0.25, 0.3) is 11.5 Å². The Balaban J connectivity index is 1.47. The number of thiazole rings is 1. The molecule has 1 aliphatic heterocycles. The van der Waals surface area contributed by atoms with Gasteiger partial charge in [-0.15, -0.1) is 11.3 Å². The predicted molar refractivity (Wildman–Crippen MR) is 102 cm³/mol. The summed E-state index contributed by atoms with van der Waals surface area (Å²) in [5.74, 6) is -0.123. The SMILES string of the molecule is Cc1nc(-c2ncc(C(=O)NC[C@@H]3OCCc4ccccc43)c(=O)[nH]2)cs1. The zero-order valence-corrected chi connectivity index (χ0v) is 15.5. The van der Waals surface area contributed by atoms with Crippen LogP contribution in [0.1, 0.15) is 32.6 Å². The molecule has 0 saturated carbocycles. The van der Waals surface area contributed by atoms with Gasteiger partial charge >= 0.3 is 0 Å². The molecule has 0 bridgehead atoms. The standard InChI is InChI=1S/C19H18N4O3S/c1-11-22-15(10-27-11)17-20-8-14(19(25)23-17)18(24)21-9-16-13-5-3-2-4-12(13)6-7-26-16/h2-5,8,10,16H,6-7,9H2,1H3,(H,21,24)(H,20,23,25)/t16-/m0/s1. The molecule has 0 spiro atoms. The molecule has 0 unspecified atom stereocenters. The number of hydrogen-bond acceptors (Lipinski definition) is 6. The van der Waals surface area contributed by atoms with E-state index in [4.69, 9.17) is 4.74 Å². The van der Waals surface area contributed by atoms with Crippen LogP contribution in [0.4, 0.5) is 0 Å². The highest BCUT2D eigenvalue weighted by molar-refractivity contribution is 7.09. The second-order valence-corrected chi connectivity index (χ2v) is 7.31. The van der Waals surface area contributed by atoms with Crippen LogP contribution in [0.5, 0.6) is 0 Å². The monoisotopic (exact) mass is 382 g/mol. The third-order valence-electron chi connectivity index (χ3n) is 4.45. The molecule has 27 heavy (non-hydrogen) atoms. The fraction of sp³-hybridized carbons (Fsp3) is 0.263. The van der Waals surface area contributed by atoms with Crippen LogP contribution in [-0.2, 0) is 11.2 Å². The quantitative estimate of drug-likeness (QED) is 0.721. The minimum Gasteiger partial charge on any atom is -0.371 e. The number of H-pyrrole nitrogens is 1. The van der Waals surface area contributed by atoms with Gasteiger partial charge in [-0.25, -0.2) is 9.97 Å². The molecule has 2 N–H and O–H groups in total. The van der Waals surface area contributed by atoms with Gasteiger partial charge in [-0.3, -0.25) is 9.59 Å². The van der Waals surface area contributed by atoms with Crippen molar-refractivity contribution in [1.29, 1.82) is 0 Å². The predicted octanol–water partition coefficient (Wildman–Crippen LogP) is 2.25. The molecule has 1 aromatic carbocycles. The number of ether oxygens (including phenoxy) is 1. The van der Waals surface area contributed by atoms with Gasteiger partial charge in [0.1, 0.15) is 17.4 Å². The second-order valence-electron chi connectivity index (χ2n) is 6.24. The minimum atomic E-state index is -0.492. The smallest absolute Gasteiger partial charge is 0.264 e. The molecular weight excluding hydrogens is 364 g/mol. The van der Waals surface area contributed by atoms with Crippen LogP contribution < -0.4 is 10.9 Å². The number of nitrogens with one attached hydrogen (secondary N) is 2. The highest BCUT2D eigenvalue weighted by atomic mass is 32.1. The number of rotatable bonds is 4. The van der Waals surface area contributed by atoms with Gasteiger partial charge in [0.15, 0.2) is 5.82 Å². The van der Waals surface area contributed by atoms with Crippen LogP contribution >= 0.6 is 11.3 Å². The molecule has 0 saturated heterocycles. The Bertz CT molecular complexity index is 1040. The fourth-order valence-electron chi connectivity index (χ4n) is 3.09. The molecule has 1 atom stereocenters. The number of fused-ring (bicyclic) bond motifs is 1. The molecule has 0 aliphatic carbocycles. The maximum absolute atomic E-state index is 12.4. The van der Waals surface area contributed by atoms with Crippen molar-refractivity contribution in [2.75, 3.05) is 13.2 Å². The van der Waals surface area contributed by atoms with Crippen molar-refractivity contribution in [3.05, 3.63) is 67.9 Å². The van der Waals surface area contributed by atoms with Crippen LogP contribution in [0.15, 0.2) is 40.6 Å². The largest absolute Gasteiger partial charge is 0.371 e. The lowest BCUT2D eigenvalue weighted by Gasteiger charge is -2.26. The maximum Gasteiger partial charge on any atom is 0.264 e. The van der Waals surface area contributed by atoms with Crippen LogP contribution in [-0.4, -0.2) is 34.0 Å². The highest BCUT2D eigenvalue weighted by Gasteiger charge is 2.22. The summed E-state index contributed by atoms with van der Waals surface area (Å²) in [6, 6.07) is 8.02. The molecule has 1 aliphatic rings. The summed E-state index contributed by atoms with van der Waals surface area (Å²) in [6.45, 7) is 2.78. The molecule has 3 heterocycles. The average Bonchev–Trinajstić information content (AvgIpc) is 3.12. The number of carbonyl (C=O) groups is 1. The van der Waals surface area contributed by atoms with Crippen molar-refractivity contribution in [1.82, 2.24) is 20.3 Å². The molecule has 0 fully saturated rings. The van der Waals surface area contributed by atoms with E-state index in [2.05, 4.69) is 26.3 Å². The molecule has 4 rings (SSSR count). The number of aromatic amines is 1. The first kappa shape index (κ1) is 17.6. The molecule has 2 aromatic heterocycles. The van der Waals surface area contributed by atoms with E-state index < -0.39 is 11.5 Å². The normalized spacial score (nSPS) is 16.0. The summed E-state index contributed by atoms with van der Waals surface area (Å²) in [5, 5.41) is 5.46. The minimum absolute atomic E-state index is 0.0326. The van der Waals surface area contributed by atoms with E-state index in [0.717, 1.165) is 17.0 Å². The number of aryl methyl sites for hydroxylation is 1. The number of amides is 1. The Morgan fingerprint density at radius 3 is 3.04 bits per heavy atom. The molecule has 7 nitrogen and oxygen atoms in total. The number of nitrogens with zero attached hydrogens (tertiary/aromatic N) is 2. The van der Waals surface area contributed by atoms with Gasteiger partial charge < -0.3 is 15.0 Å². The molecule has 138 valence electrons. The second kappa shape index (κ2) is 7.42. The van der Waals surface area contributed by atoms with Gasteiger partial charge in [0, 0.05) is 18.1 Å².